The van der Waals surface area contributed by atoms with Crippen LogP contribution >= 0.6 is 0 Å². The first-order valence-electron chi connectivity index (χ1n) is 4.58. The quantitative estimate of drug-likeness (QED) is 0.265. The summed E-state index contributed by atoms with van der Waals surface area (Å²) in [7, 11) is 2.05. The Kier molecular flexibility index (Phi) is 1.92. The maximum atomic E-state index is 5.39. The molecule has 0 aliphatic heterocycles. The van der Waals surface area contributed by atoms with Gasteiger partial charge in [-0.05, 0) is 25.7 Å². The topological polar surface area (TPSA) is 53.6 Å². The Morgan fingerprint density at radius 2 is 2.08 bits per heavy atom. The Morgan fingerprint density at radius 3 is 2.50 bits per heavy atom. The summed E-state index contributed by atoms with van der Waals surface area (Å²) in [6.45, 7) is 0. The number of hydrogen-bond donors (Lipinski definition) is 2. The SMILES string of the molecule is CN(C(=NC1CC1)NN)C1CC1. The average Bonchev–Trinajstić information content (AvgIpc) is 2.89. The Morgan fingerprint density at radius 1 is 1.42 bits per heavy atom. The Hall–Kier alpha value is -0.770. The van der Waals surface area contributed by atoms with Gasteiger partial charge in [0.1, 0.15) is 0 Å². The number of hydrogen-bond acceptors (Lipinski definition) is 2. The van der Waals surface area contributed by atoms with Gasteiger partial charge in [0, 0.05) is 13.1 Å². The van der Waals surface area contributed by atoms with Crippen molar-refractivity contribution in [3.63, 3.8) is 0 Å². The molecule has 0 spiro atoms. The zero-order valence-electron chi connectivity index (χ0n) is 7.45. The summed E-state index contributed by atoms with van der Waals surface area (Å²) in [5, 5.41) is 0. The molecule has 2 aliphatic rings. The van der Waals surface area contributed by atoms with Crippen LogP contribution in [-0.2, 0) is 0 Å². The van der Waals surface area contributed by atoms with Gasteiger partial charge in [-0.2, -0.15) is 0 Å². The summed E-state index contributed by atoms with van der Waals surface area (Å²) in [4.78, 5) is 6.63. The molecule has 0 unspecified atom stereocenters. The fraction of sp³-hybridized carbons (Fsp3) is 0.875. The molecule has 12 heavy (non-hydrogen) atoms. The van der Waals surface area contributed by atoms with Crippen molar-refractivity contribution < 1.29 is 0 Å². The third-order valence-electron chi connectivity index (χ3n) is 2.41. The molecule has 3 N–H and O–H groups in total. The molecule has 2 aliphatic carbocycles. The number of hydrazine groups is 1. The summed E-state index contributed by atoms with van der Waals surface area (Å²) in [5.74, 6) is 6.25. The van der Waals surface area contributed by atoms with Gasteiger partial charge in [-0.3, -0.25) is 5.43 Å². The molecule has 4 nitrogen and oxygen atoms in total. The monoisotopic (exact) mass is 168 g/mol. The van der Waals surface area contributed by atoms with Crippen molar-refractivity contribution in [1.29, 1.82) is 0 Å². The first-order chi connectivity index (χ1) is 5.81. The van der Waals surface area contributed by atoms with Crippen molar-refractivity contribution in [1.82, 2.24) is 10.3 Å². The van der Waals surface area contributed by atoms with E-state index in [9.17, 15) is 0 Å². The van der Waals surface area contributed by atoms with Gasteiger partial charge in [0.05, 0.1) is 6.04 Å². The lowest BCUT2D eigenvalue weighted by Gasteiger charge is -2.19. The van der Waals surface area contributed by atoms with Gasteiger partial charge >= 0.3 is 0 Å². The third kappa shape index (κ3) is 1.69. The minimum Gasteiger partial charge on any atom is -0.342 e. The number of nitrogens with one attached hydrogen (secondary N) is 1. The molecule has 0 bridgehead atoms. The van der Waals surface area contributed by atoms with Gasteiger partial charge < -0.3 is 4.90 Å². The van der Waals surface area contributed by atoms with E-state index in [2.05, 4.69) is 22.4 Å². The van der Waals surface area contributed by atoms with Crippen LogP contribution in [0.2, 0.25) is 0 Å². The van der Waals surface area contributed by atoms with Crippen molar-refractivity contribution in [3.05, 3.63) is 0 Å². The van der Waals surface area contributed by atoms with Crippen LogP contribution in [0.3, 0.4) is 0 Å². The number of nitrogens with two attached hydrogens (primary N) is 1. The van der Waals surface area contributed by atoms with E-state index in [0.29, 0.717) is 12.1 Å². The molecule has 68 valence electrons. The van der Waals surface area contributed by atoms with E-state index >= 15 is 0 Å². The molecule has 2 saturated carbocycles. The van der Waals surface area contributed by atoms with Crippen LogP contribution in [-0.4, -0.2) is 30.0 Å². The van der Waals surface area contributed by atoms with Crippen LogP contribution in [0.4, 0.5) is 0 Å². The second-order valence-electron chi connectivity index (χ2n) is 3.67. The zero-order chi connectivity index (χ0) is 8.55. The molecule has 0 aromatic rings. The predicted octanol–water partition coefficient (Wildman–Crippen LogP) is 0.0623. The van der Waals surface area contributed by atoms with Crippen LogP contribution in [0, 0.1) is 0 Å². The molecule has 0 amide bonds. The van der Waals surface area contributed by atoms with E-state index in [0.717, 1.165) is 5.96 Å². The van der Waals surface area contributed by atoms with E-state index < -0.39 is 0 Å². The summed E-state index contributed by atoms with van der Waals surface area (Å²) >= 11 is 0. The van der Waals surface area contributed by atoms with Crippen LogP contribution in [0.25, 0.3) is 0 Å². The lowest BCUT2D eigenvalue weighted by molar-refractivity contribution is 0.472. The highest BCUT2D eigenvalue weighted by atomic mass is 15.4. The minimum atomic E-state index is 0.539. The molecule has 0 radical (unpaired) electrons. The fourth-order valence-corrected chi connectivity index (χ4v) is 1.24. The molecule has 0 aromatic heterocycles. The van der Waals surface area contributed by atoms with Gasteiger partial charge in [-0.1, -0.05) is 0 Å². The van der Waals surface area contributed by atoms with Crippen molar-refractivity contribution in [3.8, 4) is 0 Å². The Bertz CT molecular complexity index is 193. The molecule has 0 saturated heterocycles. The van der Waals surface area contributed by atoms with E-state index in [1.54, 1.807) is 0 Å². The first-order valence-corrected chi connectivity index (χ1v) is 4.58. The van der Waals surface area contributed by atoms with Gasteiger partial charge in [0.25, 0.3) is 0 Å². The maximum absolute atomic E-state index is 5.39. The fourth-order valence-electron chi connectivity index (χ4n) is 1.24. The maximum Gasteiger partial charge on any atom is 0.208 e. The summed E-state index contributed by atoms with van der Waals surface area (Å²) in [6, 6.07) is 1.22. The molecular weight excluding hydrogens is 152 g/mol. The number of nitrogens with zero attached hydrogens (tertiary/aromatic N) is 2. The molecule has 2 fully saturated rings. The smallest absolute Gasteiger partial charge is 0.208 e. The average molecular weight is 168 g/mol. The molecule has 4 heteroatoms. The van der Waals surface area contributed by atoms with E-state index in [1.165, 1.54) is 25.7 Å². The first kappa shape index (κ1) is 7.86. The summed E-state index contributed by atoms with van der Waals surface area (Å²) in [6.07, 6.45) is 5.01. The van der Waals surface area contributed by atoms with Crippen molar-refractivity contribution in [2.75, 3.05) is 7.05 Å². The number of aliphatic imine (C=N–C) groups is 1. The number of guanidine groups is 1. The van der Waals surface area contributed by atoms with E-state index in [-0.39, 0.29) is 0 Å². The van der Waals surface area contributed by atoms with Gasteiger partial charge in [-0.25, -0.2) is 10.8 Å². The summed E-state index contributed by atoms with van der Waals surface area (Å²) < 4.78 is 0. The lowest BCUT2D eigenvalue weighted by atomic mass is 10.6. The van der Waals surface area contributed by atoms with Crippen LogP contribution in [0.15, 0.2) is 4.99 Å². The van der Waals surface area contributed by atoms with E-state index in [1.807, 2.05) is 0 Å². The standard InChI is InChI=1S/C8H16N4/c1-12(7-4-5-7)8(11-9)10-6-2-3-6/h6-7H,2-5,9H2,1H3,(H,10,11). The zero-order valence-corrected chi connectivity index (χ0v) is 7.45. The van der Waals surface area contributed by atoms with Gasteiger partial charge in [0.2, 0.25) is 5.96 Å². The van der Waals surface area contributed by atoms with Crippen LogP contribution in [0.1, 0.15) is 25.7 Å². The normalized spacial score (nSPS) is 24.0. The van der Waals surface area contributed by atoms with Crippen LogP contribution in [0.5, 0.6) is 0 Å². The van der Waals surface area contributed by atoms with Gasteiger partial charge in [-0.15, -0.1) is 0 Å². The second-order valence-corrected chi connectivity index (χ2v) is 3.67. The lowest BCUT2D eigenvalue weighted by Crippen LogP contribution is -2.44. The minimum absolute atomic E-state index is 0.539. The summed E-state index contributed by atoms with van der Waals surface area (Å²) in [5.41, 5.74) is 2.67. The third-order valence-corrected chi connectivity index (χ3v) is 2.41. The molecular formula is C8H16N4. The molecule has 0 heterocycles. The van der Waals surface area contributed by atoms with Crippen molar-refractivity contribution >= 4 is 5.96 Å². The largest absolute Gasteiger partial charge is 0.342 e. The predicted molar refractivity (Wildman–Crippen MR) is 48.6 cm³/mol. The highest BCUT2D eigenvalue weighted by molar-refractivity contribution is 5.80. The van der Waals surface area contributed by atoms with Crippen molar-refractivity contribution in [2.45, 2.75) is 37.8 Å². The van der Waals surface area contributed by atoms with Gasteiger partial charge in [0.15, 0.2) is 0 Å². The highest BCUT2D eigenvalue weighted by Gasteiger charge is 2.30. The molecule has 0 atom stereocenters. The van der Waals surface area contributed by atoms with Crippen molar-refractivity contribution in [2.24, 2.45) is 10.8 Å². The Labute approximate surface area is 72.8 Å². The molecule has 2 rings (SSSR count). The molecule has 0 aromatic carbocycles. The highest BCUT2D eigenvalue weighted by Crippen LogP contribution is 2.27. The Balaban J connectivity index is 1.94. The van der Waals surface area contributed by atoms with E-state index in [4.69, 9.17) is 5.84 Å². The number of rotatable bonds is 2. The van der Waals surface area contributed by atoms with Crippen LogP contribution < -0.4 is 11.3 Å². The second kappa shape index (κ2) is 2.94.